The van der Waals surface area contributed by atoms with E-state index in [1.165, 1.54) is 173 Å². The smallest absolute Gasteiger partial charge is 0.249 e. The molecule has 0 aromatic carbocycles. The van der Waals surface area contributed by atoms with Gasteiger partial charge in [0.1, 0.15) is 36.6 Å². The predicted molar refractivity (Wildman–Crippen MR) is 298 cm³/mol. The van der Waals surface area contributed by atoms with Gasteiger partial charge < -0.3 is 50.5 Å². The van der Waals surface area contributed by atoms with Crippen LogP contribution in [0.5, 0.6) is 0 Å². The lowest BCUT2D eigenvalue weighted by atomic mass is 9.98. The number of aliphatic hydroxyl groups excluding tert-OH is 7. The summed E-state index contributed by atoms with van der Waals surface area (Å²) in [6.45, 7) is 3.42. The number of ether oxygens (including phenoxy) is 2. The third-order valence-electron chi connectivity index (χ3n) is 14.3. The van der Waals surface area contributed by atoms with E-state index in [2.05, 4.69) is 67.8 Å². The molecule has 1 saturated heterocycles. The Hall–Kier alpha value is -1.93. The van der Waals surface area contributed by atoms with Crippen LogP contribution in [-0.4, -0.2) is 110 Å². The quantitative estimate of drug-likeness (QED) is 0.0215. The standard InChI is InChI=1S/C61H113NO10/c1-3-5-7-9-11-13-15-17-18-19-20-21-22-23-24-25-26-27-28-29-30-31-32-33-34-35-37-39-41-43-45-47-49-54(65)60(70)62-52(51-71-61-59(69)58(68)57(67)55(50-63)72-61)56(66)53(64)48-46-44-42-40-38-36-16-14-12-10-8-6-4-2/h14,16,20-21,23-24,40,42,52-59,61,63-69H,3-13,15,17-19,22,25-39,41,43-51H2,1-2H3,(H,62,70)/b16-14+,21-20-,24-23-,42-40+. The van der Waals surface area contributed by atoms with Gasteiger partial charge >= 0.3 is 0 Å². The first-order valence-electron chi connectivity index (χ1n) is 30.0. The maximum absolute atomic E-state index is 13.2. The average molecular weight is 1020 g/mol. The number of rotatable bonds is 51. The summed E-state index contributed by atoms with van der Waals surface area (Å²) in [5.41, 5.74) is 0. The molecular formula is C61H113NO10. The molecular weight excluding hydrogens is 907 g/mol. The average Bonchev–Trinajstić information content (AvgIpc) is 3.38. The van der Waals surface area contributed by atoms with Gasteiger partial charge in [-0.1, -0.05) is 229 Å². The molecule has 9 atom stereocenters. The highest BCUT2D eigenvalue weighted by atomic mass is 16.7. The lowest BCUT2D eigenvalue weighted by Gasteiger charge is -2.40. The van der Waals surface area contributed by atoms with Crippen molar-refractivity contribution in [3.8, 4) is 0 Å². The van der Waals surface area contributed by atoms with E-state index in [-0.39, 0.29) is 12.8 Å². The van der Waals surface area contributed by atoms with Crippen LogP contribution in [-0.2, 0) is 14.3 Å². The molecule has 1 amide bonds. The number of hydrogen-bond donors (Lipinski definition) is 8. The summed E-state index contributed by atoms with van der Waals surface area (Å²) >= 11 is 0. The third kappa shape index (κ3) is 37.7. The highest BCUT2D eigenvalue weighted by molar-refractivity contribution is 5.80. The maximum Gasteiger partial charge on any atom is 0.249 e. The topological polar surface area (TPSA) is 189 Å². The van der Waals surface area contributed by atoms with E-state index in [0.29, 0.717) is 19.3 Å². The Morgan fingerprint density at radius 2 is 0.875 bits per heavy atom. The molecule has 1 fully saturated rings. The first-order chi connectivity index (χ1) is 35.2. The van der Waals surface area contributed by atoms with E-state index in [9.17, 15) is 40.5 Å². The van der Waals surface area contributed by atoms with E-state index in [1.54, 1.807) is 0 Å². The van der Waals surface area contributed by atoms with E-state index in [1.807, 2.05) is 0 Å². The minimum atomic E-state index is -1.67. The zero-order chi connectivity index (χ0) is 52.5. The van der Waals surface area contributed by atoms with Crippen LogP contribution >= 0.6 is 0 Å². The summed E-state index contributed by atoms with van der Waals surface area (Å²) < 4.78 is 11.1. The predicted octanol–water partition coefficient (Wildman–Crippen LogP) is 12.8. The van der Waals surface area contributed by atoms with Gasteiger partial charge in [-0.2, -0.15) is 0 Å². The molecule has 0 saturated carbocycles. The van der Waals surface area contributed by atoms with Crippen molar-refractivity contribution in [3.63, 3.8) is 0 Å². The molecule has 9 unspecified atom stereocenters. The number of nitrogens with one attached hydrogen (secondary N) is 1. The van der Waals surface area contributed by atoms with Crippen LogP contribution in [0.25, 0.3) is 0 Å². The molecule has 11 nitrogen and oxygen atoms in total. The lowest BCUT2D eigenvalue weighted by molar-refractivity contribution is -0.303. The normalized spacial score (nSPS) is 20.4. The molecule has 0 aliphatic carbocycles. The van der Waals surface area contributed by atoms with Crippen LogP contribution in [0, 0.1) is 0 Å². The summed E-state index contributed by atoms with van der Waals surface area (Å²) in [5.74, 6) is -0.710. The number of hydrogen-bond acceptors (Lipinski definition) is 10. The molecule has 0 aromatic rings. The second-order valence-corrected chi connectivity index (χ2v) is 21.0. The second kappa shape index (κ2) is 49.9. The van der Waals surface area contributed by atoms with E-state index >= 15 is 0 Å². The Labute approximate surface area is 440 Å². The second-order valence-electron chi connectivity index (χ2n) is 21.0. The van der Waals surface area contributed by atoms with E-state index < -0.39 is 74.2 Å². The summed E-state index contributed by atoms with van der Waals surface area (Å²) in [6.07, 6.45) is 51.9. The number of carbonyl (C=O) groups excluding carboxylic acids is 1. The number of allylic oxidation sites excluding steroid dienone is 8. The largest absolute Gasteiger partial charge is 0.394 e. The molecule has 72 heavy (non-hydrogen) atoms. The van der Waals surface area contributed by atoms with Gasteiger partial charge in [0.15, 0.2) is 6.29 Å². The van der Waals surface area contributed by atoms with Crippen molar-refractivity contribution in [3.05, 3.63) is 48.6 Å². The molecule has 0 bridgehead atoms. The molecule has 1 aliphatic rings. The zero-order valence-corrected chi connectivity index (χ0v) is 46.2. The molecule has 0 spiro atoms. The van der Waals surface area contributed by atoms with Gasteiger partial charge in [-0.25, -0.2) is 0 Å². The minimum Gasteiger partial charge on any atom is -0.394 e. The molecule has 8 N–H and O–H groups in total. The summed E-state index contributed by atoms with van der Waals surface area (Å²) in [6, 6.07) is -1.19. The number of amides is 1. The van der Waals surface area contributed by atoms with Gasteiger partial charge in [-0.05, 0) is 83.5 Å². The highest BCUT2D eigenvalue weighted by Crippen LogP contribution is 2.23. The first-order valence-corrected chi connectivity index (χ1v) is 30.0. The fourth-order valence-electron chi connectivity index (χ4n) is 9.43. The van der Waals surface area contributed by atoms with Crippen LogP contribution in [0.15, 0.2) is 48.6 Å². The third-order valence-corrected chi connectivity index (χ3v) is 14.3. The van der Waals surface area contributed by atoms with Gasteiger partial charge in [0.25, 0.3) is 0 Å². The van der Waals surface area contributed by atoms with Gasteiger partial charge in [-0.15, -0.1) is 0 Å². The van der Waals surface area contributed by atoms with Crippen molar-refractivity contribution in [2.24, 2.45) is 0 Å². The van der Waals surface area contributed by atoms with Crippen LogP contribution < -0.4 is 5.32 Å². The molecule has 1 rings (SSSR count). The van der Waals surface area contributed by atoms with Crippen molar-refractivity contribution in [2.45, 2.75) is 319 Å². The number of aliphatic hydroxyl groups is 7. The summed E-state index contributed by atoms with van der Waals surface area (Å²) in [7, 11) is 0. The van der Waals surface area contributed by atoms with Crippen LogP contribution in [0.2, 0.25) is 0 Å². The van der Waals surface area contributed by atoms with Crippen molar-refractivity contribution < 1.29 is 50.0 Å². The van der Waals surface area contributed by atoms with Gasteiger partial charge in [-0.3, -0.25) is 4.79 Å². The van der Waals surface area contributed by atoms with Crippen molar-refractivity contribution >= 4 is 5.91 Å². The van der Waals surface area contributed by atoms with E-state index in [0.717, 1.165) is 44.9 Å². The number of carbonyl (C=O) groups is 1. The Morgan fingerprint density at radius 3 is 1.33 bits per heavy atom. The molecule has 0 radical (unpaired) electrons. The molecule has 1 heterocycles. The lowest BCUT2D eigenvalue weighted by Crippen LogP contribution is -2.60. The number of unbranched alkanes of at least 4 members (excludes halogenated alkanes) is 31. The van der Waals surface area contributed by atoms with Crippen molar-refractivity contribution in [2.75, 3.05) is 13.2 Å². The molecule has 422 valence electrons. The van der Waals surface area contributed by atoms with Crippen molar-refractivity contribution in [1.29, 1.82) is 0 Å². The van der Waals surface area contributed by atoms with Crippen LogP contribution in [0.1, 0.15) is 264 Å². The Kier molecular flexibility index (Phi) is 47.2. The highest BCUT2D eigenvalue weighted by Gasteiger charge is 2.44. The van der Waals surface area contributed by atoms with Crippen molar-refractivity contribution in [1.82, 2.24) is 5.32 Å². The monoisotopic (exact) mass is 1020 g/mol. The van der Waals surface area contributed by atoms with Gasteiger partial charge in [0.2, 0.25) is 5.91 Å². The van der Waals surface area contributed by atoms with Crippen LogP contribution in [0.4, 0.5) is 0 Å². The minimum absolute atomic E-state index is 0.245. The summed E-state index contributed by atoms with van der Waals surface area (Å²) in [5, 5.41) is 76.0. The Balaban J connectivity index is 2.21. The first kappa shape index (κ1) is 68.1. The van der Waals surface area contributed by atoms with Gasteiger partial charge in [0, 0.05) is 0 Å². The Morgan fingerprint density at radius 1 is 0.486 bits per heavy atom. The van der Waals surface area contributed by atoms with Gasteiger partial charge in [0.05, 0.1) is 25.4 Å². The fourth-order valence-corrected chi connectivity index (χ4v) is 9.43. The molecule has 11 heteroatoms. The van der Waals surface area contributed by atoms with E-state index in [4.69, 9.17) is 9.47 Å². The summed E-state index contributed by atoms with van der Waals surface area (Å²) in [4.78, 5) is 13.2. The maximum atomic E-state index is 13.2. The zero-order valence-electron chi connectivity index (χ0n) is 46.2. The Bertz CT molecular complexity index is 1310. The molecule has 0 aromatic heterocycles. The fraction of sp³-hybridized carbons (Fsp3) is 0.852. The van der Waals surface area contributed by atoms with Crippen LogP contribution in [0.3, 0.4) is 0 Å². The molecule has 1 aliphatic heterocycles. The SMILES string of the molecule is CCCCCC/C=C/CC/C=C/CCCC(O)C(O)C(COC1OC(CO)C(O)C(O)C1O)NC(=O)C(O)CCCCCCCCCCCCCCCCCC/C=C\C/C=C\CCCCCCCCCCC.